The van der Waals surface area contributed by atoms with E-state index in [9.17, 15) is 4.39 Å². The topological polar surface area (TPSA) is 69.6 Å². The second-order valence-electron chi connectivity index (χ2n) is 5.09. The lowest BCUT2D eigenvalue weighted by molar-refractivity contribution is 0.118. The molecule has 0 atom stereocenters. The van der Waals surface area contributed by atoms with Crippen LogP contribution in [0.25, 0.3) is 11.4 Å². The number of hydrogen-bond donors (Lipinski definition) is 1. The Labute approximate surface area is 110 Å². The van der Waals surface area contributed by atoms with E-state index in [0.717, 1.165) is 25.7 Å². The molecule has 0 unspecified atom stereocenters. The van der Waals surface area contributed by atoms with Gasteiger partial charge in [-0.15, -0.1) is 5.10 Å². The molecule has 1 aromatic carbocycles. The summed E-state index contributed by atoms with van der Waals surface area (Å²) in [7, 11) is 0. The molecule has 0 saturated heterocycles. The molecule has 2 aromatic rings. The van der Waals surface area contributed by atoms with Crippen LogP contribution in [0.5, 0.6) is 0 Å². The number of benzene rings is 1. The van der Waals surface area contributed by atoms with Gasteiger partial charge in [-0.25, -0.2) is 9.07 Å². The van der Waals surface area contributed by atoms with Gasteiger partial charge in [-0.2, -0.15) is 0 Å². The summed E-state index contributed by atoms with van der Waals surface area (Å²) in [4.78, 5) is 0. The van der Waals surface area contributed by atoms with Gasteiger partial charge in [0.15, 0.2) is 5.82 Å². The first-order chi connectivity index (χ1) is 9.16. The van der Waals surface area contributed by atoms with Crippen LogP contribution >= 0.6 is 0 Å². The fourth-order valence-corrected chi connectivity index (χ4v) is 2.69. The predicted molar refractivity (Wildman–Crippen MR) is 69.7 cm³/mol. The molecule has 0 amide bonds. The molecule has 3 rings (SSSR count). The number of anilines is 1. The summed E-state index contributed by atoms with van der Waals surface area (Å²) in [6.07, 6.45) is 4.19. The summed E-state index contributed by atoms with van der Waals surface area (Å²) < 4.78 is 15.8. The SMILES string of the molecule is CCC1(n2nnnc2-c2ccc(N)cc2F)CCC1. The molecule has 0 bridgehead atoms. The third-order valence-corrected chi connectivity index (χ3v) is 4.10. The highest BCUT2D eigenvalue weighted by atomic mass is 19.1. The van der Waals surface area contributed by atoms with Crippen LogP contribution in [0.15, 0.2) is 18.2 Å². The highest BCUT2D eigenvalue weighted by Gasteiger charge is 2.40. The van der Waals surface area contributed by atoms with Crippen molar-refractivity contribution < 1.29 is 4.39 Å². The summed E-state index contributed by atoms with van der Waals surface area (Å²) in [6.45, 7) is 2.12. The van der Waals surface area contributed by atoms with Crippen molar-refractivity contribution in [1.82, 2.24) is 20.2 Å². The smallest absolute Gasteiger partial charge is 0.185 e. The Morgan fingerprint density at radius 3 is 2.79 bits per heavy atom. The summed E-state index contributed by atoms with van der Waals surface area (Å²) in [5.74, 6) is 0.0978. The van der Waals surface area contributed by atoms with Crippen molar-refractivity contribution in [2.24, 2.45) is 0 Å². The molecule has 5 nitrogen and oxygen atoms in total. The summed E-state index contributed by atoms with van der Waals surface area (Å²) in [5, 5.41) is 11.8. The number of aromatic nitrogens is 4. The molecule has 19 heavy (non-hydrogen) atoms. The molecule has 1 aromatic heterocycles. The molecule has 0 spiro atoms. The van der Waals surface area contributed by atoms with Gasteiger partial charge in [-0.05, 0) is 54.3 Å². The zero-order valence-corrected chi connectivity index (χ0v) is 10.8. The van der Waals surface area contributed by atoms with E-state index in [4.69, 9.17) is 5.73 Å². The van der Waals surface area contributed by atoms with Crippen molar-refractivity contribution >= 4 is 5.69 Å². The molecule has 100 valence electrons. The van der Waals surface area contributed by atoms with Crippen LogP contribution in [0, 0.1) is 5.82 Å². The molecule has 6 heteroatoms. The summed E-state index contributed by atoms with van der Waals surface area (Å²) >= 11 is 0. The maximum Gasteiger partial charge on any atom is 0.185 e. The van der Waals surface area contributed by atoms with Gasteiger partial charge in [-0.3, -0.25) is 0 Å². The van der Waals surface area contributed by atoms with Crippen molar-refractivity contribution in [3.63, 3.8) is 0 Å². The van der Waals surface area contributed by atoms with E-state index in [1.807, 2.05) is 0 Å². The van der Waals surface area contributed by atoms with Gasteiger partial charge in [0.25, 0.3) is 0 Å². The molecule has 0 radical (unpaired) electrons. The quantitative estimate of drug-likeness (QED) is 0.861. The van der Waals surface area contributed by atoms with E-state index in [2.05, 4.69) is 22.4 Å². The minimum absolute atomic E-state index is 0.0489. The summed E-state index contributed by atoms with van der Waals surface area (Å²) in [6, 6.07) is 4.60. The number of rotatable bonds is 3. The maximum atomic E-state index is 14.0. The van der Waals surface area contributed by atoms with Gasteiger partial charge < -0.3 is 5.73 Å². The van der Waals surface area contributed by atoms with Gasteiger partial charge in [0.1, 0.15) is 5.82 Å². The first-order valence-electron chi connectivity index (χ1n) is 6.50. The van der Waals surface area contributed by atoms with Gasteiger partial charge in [0, 0.05) is 5.69 Å². The van der Waals surface area contributed by atoms with Crippen molar-refractivity contribution in [2.45, 2.75) is 38.1 Å². The third kappa shape index (κ3) is 1.78. The average molecular weight is 261 g/mol. The molecule has 1 saturated carbocycles. The van der Waals surface area contributed by atoms with Crippen LogP contribution in [-0.4, -0.2) is 20.2 Å². The zero-order valence-electron chi connectivity index (χ0n) is 10.8. The van der Waals surface area contributed by atoms with Gasteiger partial charge in [0.2, 0.25) is 0 Å². The Kier molecular flexibility index (Phi) is 2.73. The Hall–Kier alpha value is -1.98. The van der Waals surface area contributed by atoms with Crippen LogP contribution in [0.4, 0.5) is 10.1 Å². The monoisotopic (exact) mass is 261 g/mol. The molecule has 1 aliphatic rings. The van der Waals surface area contributed by atoms with Crippen molar-refractivity contribution in [2.75, 3.05) is 5.73 Å². The van der Waals surface area contributed by atoms with E-state index in [1.165, 1.54) is 6.07 Å². The predicted octanol–water partition coefficient (Wildman–Crippen LogP) is 2.35. The zero-order chi connectivity index (χ0) is 13.5. The number of nitrogens with two attached hydrogens (primary N) is 1. The minimum atomic E-state index is -0.387. The normalized spacial score (nSPS) is 17.2. The molecule has 2 N–H and O–H groups in total. The molecular weight excluding hydrogens is 245 g/mol. The number of nitrogen functional groups attached to an aromatic ring is 1. The third-order valence-electron chi connectivity index (χ3n) is 4.10. The van der Waals surface area contributed by atoms with E-state index in [0.29, 0.717) is 17.1 Å². The van der Waals surface area contributed by atoms with Crippen LogP contribution in [0.2, 0.25) is 0 Å². The fourth-order valence-electron chi connectivity index (χ4n) is 2.69. The first-order valence-corrected chi connectivity index (χ1v) is 6.50. The van der Waals surface area contributed by atoms with Crippen molar-refractivity contribution in [3.05, 3.63) is 24.0 Å². The van der Waals surface area contributed by atoms with E-state index in [-0.39, 0.29) is 11.4 Å². The van der Waals surface area contributed by atoms with Crippen LogP contribution in [0.3, 0.4) is 0 Å². The fraction of sp³-hybridized carbons (Fsp3) is 0.462. The number of nitrogens with zero attached hydrogens (tertiary/aromatic N) is 4. The van der Waals surface area contributed by atoms with Crippen molar-refractivity contribution in [3.8, 4) is 11.4 Å². The van der Waals surface area contributed by atoms with E-state index in [1.54, 1.807) is 16.8 Å². The second-order valence-corrected chi connectivity index (χ2v) is 5.09. The Morgan fingerprint density at radius 1 is 1.42 bits per heavy atom. The van der Waals surface area contributed by atoms with Crippen LogP contribution in [0.1, 0.15) is 32.6 Å². The van der Waals surface area contributed by atoms with Crippen molar-refractivity contribution in [1.29, 1.82) is 0 Å². The highest BCUT2D eigenvalue weighted by molar-refractivity contribution is 5.59. The maximum absolute atomic E-state index is 14.0. The largest absolute Gasteiger partial charge is 0.399 e. The Balaban J connectivity index is 2.09. The number of hydrogen-bond acceptors (Lipinski definition) is 4. The highest BCUT2D eigenvalue weighted by Crippen LogP contribution is 2.43. The van der Waals surface area contributed by atoms with E-state index < -0.39 is 0 Å². The van der Waals surface area contributed by atoms with Gasteiger partial charge in [-0.1, -0.05) is 6.92 Å². The second kappa shape index (κ2) is 4.29. The lowest BCUT2D eigenvalue weighted by Gasteiger charge is -2.41. The minimum Gasteiger partial charge on any atom is -0.399 e. The summed E-state index contributed by atoms with van der Waals surface area (Å²) in [5.41, 5.74) is 6.32. The molecular formula is C13H16FN5. The molecule has 1 heterocycles. The Morgan fingerprint density at radius 2 is 2.21 bits per heavy atom. The van der Waals surface area contributed by atoms with E-state index >= 15 is 0 Å². The lowest BCUT2D eigenvalue weighted by atomic mass is 9.75. The molecule has 0 aliphatic heterocycles. The van der Waals surface area contributed by atoms with Crippen LogP contribution in [-0.2, 0) is 5.54 Å². The van der Waals surface area contributed by atoms with Crippen LogP contribution < -0.4 is 5.73 Å². The number of tetrazole rings is 1. The molecule has 1 aliphatic carbocycles. The van der Waals surface area contributed by atoms with Gasteiger partial charge >= 0.3 is 0 Å². The average Bonchev–Trinajstić information content (AvgIpc) is 2.78. The number of halogens is 1. The molecule has 1 fully saturated rings. The first kappa shape index (κ1) is 12.1. The van der Waals surface area contributed by atoms with Gasteiger partial charge in [0.05, 0.1) is 11.1 Å². The standard InChI is InChI=1S/C13H16FN5/c1-2-13(6-3-7-13)19-12(16-17-18-19)10-5-4-9(15)8-11(10)14/h4-5,8H,2-3,6-7,15H2,1H3. The lowest BCUT2D eigenvalue weighted by Crippen LogP contribution is -2.41. The Bertz CT molecular complexity index is 597.